The Kier molecular flexibility index (Phi) is 6.10. The summed E-state index contributed by atoms with van der Waals surface area (Å²) >= 11 is 1.29. The van der Waals surface area contributed by atoms with Crippen molar-refractivity contribution in [1.29, 1.82) is 0 Å². The van der Waals surface area contributed by atoms with Gasteiger partial charge in [-0.25, -0.2) is 4.79 Å². The van der Waals surface area contributed by atoms with Crippen LogP contribution in [0.15, 0.2) is 53.9 Å². The van der Waals surface area contributed by atoms with Crippen LogP contribution in [0, 0.1) is 13.8 Å². The molecule has 0 aliphatic carbocycles. The fourth-order valence-corrected chi connectivity index (χ4v) is 3.25. The van der Waals surface area contributed by atoms with Gasteiger partial charge < -0.3 is 10.1 Å². The molecule has 0 saturated carbocycles. The zero-order valence-electron chi connectivity index (χ0n) is 15.8. The molecule has 0 radical (unpaired) electrons. The van der Waals surface area contributed by atoms with Crippen LogP contribution in [0.3, 0.4) is 0 Å². The van der Waals surface area contributed by atoms with Gasteiger partial charge in [0.2, 0.25) is 5.91 Å². The molecule has 2 aromatic carbocycles. The van der Waals surface area contributed by atoms with E-state index in [2.05, 4.69) is 15.5 Å². The minimum Gasteiger partial charge on any atom is -0.465 e. The van der Waals surface area contributed by atoms with E-state index >= 15 is 0 Å². The predicted octanol–water partition coefficient (Wildman–Crippen LogP) is 3.40. The third-order valence-electron chi connectivity index (χ3n) is 4.09. The summed E-state index contributed by atoms with van der Waals surface area (Å²) in [6, 6.07) is 13.0. The van der Waals surface area contributed by atoms with Crippen molar-refractivity contribution in [1.82, 2.24) is 14.8 Å². The minimum absolute atomic E-state index is 0.159. The fourth-order valence-electron chi connectivity index (χ4n) is 2.52. The lowest BCUT2D eigenvalue weighted by Crippen LogP contribution is -2.16. The summed E-state index contributed by atoms with van der Waals surface area (Å²) in [4.78, 5) is 24.1. The van der Waals surface area contributed by atoms with E-state index in [4.69, 9.17) is 4.74 Å². The zero-order valence-corrected chi connectivity index (χ0v) is 16.6. The molecular weight excluding hydrogens is 376 g/mol. The van der Waals surface area contributed by atoms with Gasteiger partial charge in [-0.3, -0.25) is 9.36 Å². The maximum absolute atomic E-state index is 12.4. The third-order valence-corrected chi connectivity index (χ3v) is 5.04. The van der Waals surface area contributed by atoms with E-state index < -0.39 is 5.97 Å². The number of nitrogens with zero attached hydrogens (tertiary/aromatic N) is 3. The van der Waals surface area contributed by atoms with Crippen molar-refractivity contribution in [3.05, 3.63) is 65.5 Å². The van der Waals surface area contributed by atoms with Crippen molar-refractivity contribution in [3.8, 4) is 5.69 Å². The Bertz CT molecular complexity index is 999. The fraction of sp³-hybridized carbons (Fsp3) is 0.200. The molecule has 7 nitrogen and oxygen atoms in total. The number of thioether (sulfide) groups is 1. The maximum atomic E-state index is 12.4. The zero-order chi connectivity index (χ0) is 20.1. The van der Waals surface area contributed by atoms with Crippen molar-refractivity contribution in [3.63, 3.8) is 0 Å². The van der Waals surface area contributed by atoms with Crippen LogP contribution in [-0.2, 0) is 9.53 Å². The number of esters is 1. The summed E-state index contributed by atoms with van der Waals surface area (Å²) in [7, 11) is 1.32. The lowest BCUT2D eigenvalue weighted by Gasteiger charge is -2.10. The number of ether oxygens (including phenoxy) is 1. The van der Waals surface area contributed by atoms with Gasteiger partial charge in [-0.1, -0.05) is 35.5 Å². The van der Waals surface area contributed by atoms with E-state index in [-0.39, 0.29) is 11.7 Å². The average molecular weight is 396 g/mol. The van der Waals surface area contributed by atoms with E-state index in [1.54, 1.807) is 24.5 Å². The molecule has 3 rings (SSSR count). The molecule has 0 fully saturated rings. The second kappa shape index (κ2) is 8.71. The Labute approximate surface area is 167 Å². The Morgan fingerprint density at radius 1 is 1.14 bits per heavy atom. The number of amides is 1. The third kappa shape index (κ3) is 4.58. The van der Waals surface area contributed by atoms with E-state index in [9.17, 15) is 9.59 Å². The van der Waals surface area contributed by atoms with Gasteiger partial charge in [-0.15, -0.1) is 10.2 Å². The summed E-state index contributed by atoms with van der Waals surface area (Å²) in [5, 5.41) is 11.5. The Morgan fingerprint density at radius 3 is 2.61 bits per heavy atom. The maximum Gasteiger partial charge on any atom is 0.337 e. The SMILES string of the molecule is COC(=O)c1ccc(C)c(NC(=O)CSc2nncn2-c2ccc(C)cc2)c1. The first-order chi connectivity index (χ1) is 13.5. The monoisotopic (exact) mass is 396 g/mol. The van der Waals surface area contributed by atoms with Gasteiger partial charge in [-0.05, 0) is 43.7 Å². The molecule has 1 N–H and O–H groups in total. The first kappa shape index (κ1) is 19.6. The molecule has 0 saturated heterocycles. The quantitative estimate of drug-likeness (QED) is 0.508. The van der Waals surface area contributed by atoms with Crippen molar-refractivity contribution < 1.29 is 14.3 Å². The molecular formula is C20H20N4O3S. The number of anilines is 1. The van der Waals surface area contributed by atoms with Gasteiger partial charge in [-0.2, -0.15) is 0 Å². The van der Waals surface area contributed by atoms with Gasteiger partial charge in [0.15, 0.2) is 5.16 Å². The number of carbonyl (C=O) groups excluding carboxylic acids is 2. The lowest BCUT2D eigenvalue weighted by atomic mass is 10.1. The van der Waals surface area contributed by atoms with E-state index in [1.807, 2.05) is 42.7 Å². The molecule has 3 aromatic rings. The highest BCUT2D eigenvalue weighted by molar-refractivity contribution is 7.99. The van der Waals surface area contributed by atoms with E-state index in [0.29, 0.717) is 16.4 Å². The highest BCUT2D eigenvalue weighted by Gasteiger charge is 2.13. The molecule has 0 spiro atoms. The molecule has 0 aliphatic heterocycles. The van der Waals surface area contributed by atoms with Crippen LogP contribution in [0.25, 0.3) is 5.69 Å². The smallest absolute Gasteiger partial charge is 0.337 e. The van der Waals surface area contributed by atoms with Crippen LogP contribution < -0.4 is 5.32 Å². The lowest BCUT2D eigenvalue weighted by molar-refractivity contribution is -0.113. The van der Waals surface area contributed by atoms with Crippen LogP contribution in [0.4, 0.5) is 5.69 Å². The molecule has 1 amide bonds. The number of nitrogens with one attached hydrogen (secondary N) is 1. The van der Waals surface area contributed by atoms with Crippen molar-refractivity contribution >= 4 is 29.3 Å². The summed E-state index contributed by atoms with van der Waals surface area (Å²) in [5.74, 6) is -0.489. The molecule has 0 bridgehead atoms. The minimum atomic E-state index is -0.448. The second-order valence-corrected chi connectivity index (χ2v) is 7.12. The van der Waals surface area contributed by atoms with Crippen LogP contribution in [-0.4, -0.2) is 39.5 Å². The first-order valence-corrected chi connectivity index (χ1v) is 9.55. The van der Waals surface area contributed by atoms with E-state index in [1.165, 1.54) is 18.9 Å². The van der Waals surface area contributed by atoms with Crippen LogP contribution in [0.1, 0.15) is 21.5 Å². The summed E-state index contributed by atoms with van der Waals surface area (Å²) in [6.45, 7) is 3.88. The Hall–Kier alpha value is -3.13. The van der Waals surface area contributed by atoms with Crippen molar-refractivity contribution in [2.75, 3.05) is 18.2 Å². The summed E-state index contributed by atoms with van der Waals surface area (Å²) < 4.78 is 6.56. The van der Waals surface area contributed by atoms with Gasteiger partial charge in [0, 0.05) is 11.4 Å². The molecule has 0 aliphatic rings. The number of aryl methyl sites for hydroxylation is 2. The Morgan fingerprint density at radius 2 is 1.89 bits per heavy atom. The molecule has 144 valence electrons. The van der Waals surface area contributed by atoms with Crippen LogP contribution in [0.5, 0.6) is 0 Å². The molecule has 1 aromatic heterocycles. The molecule has 8 heteroatoms. The molecule has 1 heterocycles. The molecule has 0 unspecified atom stereocenters. The number of benzene rings is 2. The number of aromatic nitrogens is 3. The van der Waals surface area contributed by atoms with Crippen molar-refractivity contribution in [2.24, 2.45) is 0 Å². The van der Waals surface area contributed by atoms with Crippen molar-refractivity contribution in [2.45, 2.75) is 19.0 Å². The van der Waals surface area contributed by atoms with Gasteiger partial charge in [0.1, 0.15) is 6.33 Å². The highest BCUT2D eigenvalue weighted by atomic mass is 32.2. The predicted molar refractivity (Wildman–Crippen MR) is 108 cm³/mol. The number of carbonyl (C=O) groups is 2. The topological polar surface area (TPSA) is 86.1 Å². The Balaban J connectivity index is 1.67. The van der Waals surface area contributed by atoms with Gasteiger partial charge in [0.25, 0.3) is 0 Å². The number of hydrogen-bond donors (Lipinski definition) is 1. The number of rotatable bonds is 6. The van der Waals surface area contributed by atoms with Crippen LogP contribution in [0.2, 0.25) is 0 Å². The molecule has 28 heavy (non-hydrogen) atoms. The first-order valence-electron chi connectivity index (χ1n) is 8.56. The highest BCUT2D eigenvalue weighted by Crippen LogP contribution is 2.21. The normalized spacial score (nSPS) is 10.5. The summed E-state index contributed by atoms with van der Waals surface area (Å²) in [5.41, 5.74) is 3.91. The second-order valence-electron chi connectivity index (χ2n) is 6.18. The van der Waals surface area contributed by atoms with Gasteiger partial charge in [0.05, 0.1) is 18.4 Å². The number of methoxy groups -OCH3 is 1. The largest absolute Gasteiger partial charge is 0.465 e. The van der Waals surface area contributed by atoms with Crippen LogP contribution >= 0.6 is 11.8 Å². The standard InChI is InChI=1S/C20H20N4O3S/c1-13-4-8-16(9-5-13)24-12-21-23-20(24)28-11-18(25)22-17-10-15(19(26)27-3)7-6-14(17)2/h4-10,12H,11H2,1-3H3,(H,22,25). The number of hydrogen-bond acceptors (Lipinski definition) is 6. The summed E-state index contributed by atoms with van der Waals surface area (Å²) in [6.07, 6.45) is 1.62. The van der Waals surface area contributed by atoms with Gasteiger partial charge >= 0.3 is 5.97 Å². The van der Waals surface area contributed by atoms with E-state index in [0.717, 1.165) is 16.8 Å². The average Bonchev–Trinajstić information content (AvgIpc) is 3.16. The molecule has 0 atom stereocenters.